The Hall–Kier alpha value is -1.28. The maximum Gasteiger partial charge on any atom is 0.0493 e. The lowest BCUT2D eigenvalue weighted by molar-refractivity contribution is 1.02. The summed E-state index contributed by atoms with van der Waals surface area (Å²) in [5.41, 5.74) is 9.83. The highest BCUT2D eigenvalue weighted by Gasteiger charge is 2.08. The van der Waals surface area contributed by atoms with Crippen LogP contribution in [-0.2, 0) is 0 Å². The summed E-state index contributed by atoms with van der Waals surface area (Å²) in [6.07, 6.45) is 10.5. The Kier molecular flexibility index (Phi) is 5.24. The van der Waals surface area contributed by atoms with E-state index in [9.17, 15) is 0 Å². The fourth-order valence-electron chi connectivity index (χ4n) is 2.10. The fraction of sp³-hybridized carbons (Fsp3) is 0.176. The normalized spacial score (nSPS) is 15.2. The lowest BCUT2D eigenvalue weighted by Gasteiger charge is -2.13. The average Bonchev–Trinajstić information content (AvgIpc) is 2.47. The highest BCUT2D eigenvalue weighted by molar-refractivity contribution is 6.35. The molecule has 2 N–H and O–H groups in total. The van der Waals surface area contributed by atoms with Crippen LogP contribution in [0.4, 0.5) is 0 Å². The molecule has 1 aromatic rings. The minimum atomic E-state index is 0.420. The van der Waals surface area contributed by atoms with Gasteiger partial charge in [0.15, 0.2) is 0 Å². The van der Waals surface area contributed by atoms with E-state index in [0.717, 1.165) is 35.1 Å². The predicted molar refractivity (Wildman–Crippen MR) is 89.1 cm³/mol. The topological polar surface area (TPSA) is 26.0 Å². The third-order valence-electron chi connectivity index (χ3n) is 3.24. The van der Waals surface area contributed by atoms with Gasteiger partial charge in [-0.05, 0) is 53.3 Å². The number of nitrogens with two attached hydrogens (primary N) is 1. The van der Waals surface area contributed by atoms with Crippen molar-refractivity contribution in [2.45, 2.75) is 12.8 Å². The van der Waals surface area contributed by atoms with Crippen LogP contribution in [0.25, 0.3) is 6.08 Å². The Morgan fingerprint density at radius 2 is 2.10 bits per heavy atom. The third kappa shape index (κ3) is 3.63. The Morgan fingerprint density at radius 3 is 2.70 bits per heavy atom. The van der Waals surface area contributed by atoms with Crippen molar-refractivity contribution in [2.75, 3.05) is 6.54 Å². The number of hydrogen-bond acceptors (Lipinski definition) is 1. The highest BCUT2D eigenvalue weighted by atomic mass is 35.5. The molecule has 0 saturated carbocycles. The summed E-state index contributed by atoms with van der Waals surface area (Å²) in [5.74, 6) is 0. The van der Waals surface area contributed by atoms with Crippen molar-refractivity contribution in [1.82, 2.24) is 0 Å². The van der Waals surface area contributed by atoms with Gasteiger partial charge in [-0.2, -0.15) is 0 Å². The van der Waals surface area contributed by atoms with Gasteiger partial charge in [-0.3, -0.25) is 0 Å². The molecule has 1 nitrogen and oxygen atoms in total. The largest absolute Gasteiger partial charge is 0.326 e. The van der Waals surface area contributed by atoms with E-state index in [4.69, 9.17) is 28.9 Å². The van der Waals surface area contributed by atoms with Crippen molar-refractivity contribution in [3.05, 3.63) is 75.3 Å². The zero-order chi connectivity index (χ0) is 14.5. The molecule has 2 rings (SSSR count). The summed E-state index contributed by atoms with van der Waals surface area (Å²) in [6.45, 7) is 4.58. The monoisotopic (exact) mass is 305 g/mol. The first-order valence-electron chi connectivity index (χ1n) is 6.54. The summed E-state index contributed by atoms with van der Waals surface area (Å²) in [5, 5.41) is 1.24. The lowest BCUT2D eigenvalue weighted by atomic mass is 9.93. The first-order chi connectivity index (χ1) is 9.61. The molecule has 20 heavy (non-hydrogen) atoms. The molecule has 1 aromatic carbocycles. The van der Waals surface area contributed by atoms with Crippen LogP contribution in [0.5, 0.6) is 0 Å². The zero-order valence-electron chi connectivity index (χ0n) is 11.2. The number of allylic oxidation sites excluding steroid dienone is 4. The molecule has 0 atom stereocenters. The standard InChI is InChI=1S/C17H17Cl2N/c1-12(13-5-3-2-4-6-13)15(11-20)9-14-7-8-16(18)10-17(14)19/h3,5-10H,1-2,4,11,20H2/b15-9+. The average molecular weight is 306 g/mol. The van der Waals surface area contributed by atoms with Gasteiger partial charge in [0.25, 0.3) is 0 Å². The number of benzene rings is 1. The van der Waals surface area contributed by atoms with E-state index in [0.29, 0.717) is 16.6 Å². The molecule has 0 aromatic heterocycles. The molecular formula is C17H17Cl2N. The molecule has 104 valence electrons. The molecule has 0 fully saturated rings. The van der Waals surface area contributed by atoms with E-state index in [1.54, 1.807) is 6.07 Å². The van der Waals surface area contributed by atoms with Gasteiger partial charge in [-0.1, -0.05) is 54.1 Å². The fourth-order valence-corrected chi connectivity index (χ4v) is 2.56. The van der Waals surface area contributed by atoms with Gasteiger partial charge in [0.05, 0.1) is 0 Å². The molecule has 3 heteroatoms. The molecule has 0 unspecified atom stereocenters. The molecule has 0 aliphatic heterocycles. The molecular weight excluding hydrogens is 289 g/mol. The van der Waals surface area contributed by atoms with E-state index in [-0.39, 0.29) is 0 Å². The third-order valence-corrected chi connectivity index (χ3v) is 3.81. The van der Waals surface area contributed by atoms with Gasteiger partial charge in [-0.25, -0.2) is 0 Å². The molecule has 0 spiro atoms. The van der Waals surface area contributed by atoms with E-state index < -0.39 is 0 Å². The summed E-state index contributed by atoms with van der Waals surface area (Å²) >= 11 is 12.1. The molecule has 1 aliphatic rings. The number of hydrogen-bond donors (Lipinski definition) is 1. The van der Waals surface area contributed by atoms with E-state index in [1.807, 2.05) is 18.2 Å². The Bertz CT molecular complexity index is 609. The second-order valence-electron chi connectivity index (χ2n) is 4.66. The molecule has 0 amide bonds. The van der Waals surface area contributed by atoms with Crippen LogP contribution in [0.1, 0.15) is 18.4 Å². The lowest BCUT2D eigenvalue weighted by Crippen LogP contribution is -2.06. The molecule has 0 radical (unpaired) electrons. The van der Waals surface area contributed by atoms with Crippen molar-refractivity contribution >= 4 is 29.3 Å². The SMILES string of the molecule is C=C(C1=CCCC=C1)/C(=C/c1ccc(Cl)cc1Cl)CN. The summed E-state index contributed by atoms with van der Waals surface area (Å²) in [7, 11) is 0. The van der Waals surface area contributed by atoms with Gasteiger partial charge in [0, 0.05) is 16.6 Å². The molecule has 0 saturated heterocycles. The second kappa shape index (κ2) is 6.94. The van der Waals surface area contributed by atoms with Gasteiger partial charge in [0.1, 0.15) is 0 Å². The van der Waals surface area contributed by atoms with Crippen molar-refractivity contribution in [1.29, 1.82) is 0 Å². The Balaban J connectivity index is 2.31. The van der Waals surface area contributed by atoms with Crippen LogP contribution in [0, 0.1) is 0 Å². The molecule has 0 bridgehead atoms. The smallest absolute Gasteiger partial charge is 0.0493 e. The van der Waals surface area contributed by atoms with Crippen molar-refractivity contribution in [3.63, 3.8) is 0 Å². The van der Waals surface area contributed by atoms with Gasteiger partial charge < -0.3 is 5.73 Å². The quantitative estimate of drug-likeness (QED) is 0.763. The van der Waals surface area contributed by atoms with Crippen molar-refractivity contribution < 1.29 is 0 Å². The Morgan fingerprint density at radius 1 is 1.30 bits per heavy atom. The zero-order valence-corrected chi connectivity index (χ0v) is 12.7. The minimum absolute atomic E-state index is 0.420. The summed E-state index contributed by atoms with van der Waals surface area (Å²) in [4.78, 5) is 0. The van der Waals surface area contributed by atoms with Crippen molar-refractivity contribution in [2.24, 2.45) is 5.73 Å². The molecule has 1 aliphatic carbocycles. The van der Waals surface area contributed by atoms with Crippen LogP contribution in [-0.4, -0.2) is 6.54 Å². The van der Waals surface area contributed by atoms with Crippen LogP contribution >= 0.6 is 23.2 Å². The second-order valence-corrected chi connectivity index (χ2v) is 5.50. The first-order valence-corrected chi connectivity index (χ1v) is 7.29. The maximum atomic E-state index is 6.19. The van der Waals surface area contributed by atoms with Crippen LogP contribution in [0.2, 0.25) is 10.0 Å². The summed E-state index contributed by atoms with van der Waals surface area (Å²) < 4.78 is 0. The van der Waals surface area contributed by atoms with Crippen LogP contribution in [0.15, 0.2) is 59.7 Å². The minimum Gasteiger partial charge on any atom is -0.326 e. The van der Waals surface area contributed by atoms with Gasteiger partial charge >= 0.3 is 0 Å². The van der Waals surface area contributed by atoms with Crippen molar-refractivity contribution in [3.8, 4) is 0 Å². The van der Waals surface area contributed by atoms with Crippen LogP contribution < -0.4 is 5.73 Å². The van der Waals surface area contributed by atoms with E-state index in [1.165, 1.54) is 0 Å². The van der Waals surface area contributed by atoms with Gasteiger partial charge in [-0.15, -0.1) is 0 Å². The Labute approximate surface area is 130 Å². The highest BCUT2D eigenvalue weighted by Crippen LogP contribution is 2.27. The van der Waals surface area contributed by atoms with E-state index in [2.05, 4.69) is 24.8 Å². The summed E-state index contributed by atoms with van der Waals surface area (Å²) in [6, 6.07) is 5.43. The number of rotatable bonds is 4. The van der Waals surface area contributed by atoms with Gasteiger partial charge in [0.2, 0.25) is 0 Å². The first kappa shape index (κ1) is 15.1. The number of halogens is 2. The van der Waals surface area contributed by atoms with Crippen LogP contribution in [0.3, 0.4) is 0 Å². The maximum absolute atomic E-state index is 6.19. The predicted octanol–water partition coefficient (Wildman–Crippen LogP) is 5.17. The van der Waals surface area contributed by atoms with E-state index >= 15 is 0 Å². The molecule has 0 heterocycles.